The topological polar surface area (TPSA) is 115 Å². The number of aromatic nitrogens is 2. The molecule has 2 heterocycles. The van der Waals surface area contributed by atoms with Crippen LogP contribution >= 0.6 is 0 Å². The summed E-state index contributed by atoms with van der Waals surface area (Å²) in [4.78, 5) is 19.5. The van der Waals surface area contributed by atoms with Crippen LogP contribution in [0, 0.1) is 11.3 Å². The molecule has 0 aliphatic carbocycles. The fourth-order valence-electron chi connectivity index (χ4n) is 1.37. The molecule has 0 saturated carbocycles. The SMILES string of the molecule is CCOC(=O)c1nc(-c2ccc(C#N)cn2)oc1N. The van der Waals surface area contributed by atoms with Crippen molar-refractivity contribution in [1.29, 1.82) is 5.26 Å². The summed E-state index contributed by atoms with van der Waals surface area (Å²) in [7, 11) is 0. The summed E-state index contributed by atoms with van der Waals surface area (Å²) in [6, 6.07) is 5.06. The Hall–Kier alpha value is -2.88. The second kappa shape index (κ2) is 5.18. The number of nitrogens with zero attached hydrogens (tertiary/aromatic N) is 3. The lowest BCUT2D eigenvalue weighted by Crippen LogP contribution is -2.07. The first-order chi connectivity index (χ1) is 9.15. The van der Waals surface area contributed by atoms with E-state index in [1.165, 1.54) is 6.20 Å². The normalized spacial score (nSPS) is 9.89. The number of ether oxygens (including phenoxy) is 1. The van der Waals surface area contributed by atoms with Gasteiger partial charge in [-0.1, -0.05) is 0 Å². The molecule has 7 nitrogen and oxygen atoms in total. The number of pyridine rings is 1. The van der Waals surface area contributed by atoms with Gasteiger partial charge in [0.05, 0.1) is 12.2 Å². The first-order valence-electron chi connectivity index (χ1n) is 5.45. The molecule has 0 atom stereocenters. The van der Waals surface area contributed by atoms with Gasteiger partial charge in [-0.05, 0) is 19.1 Å². The number of hydrogen-bond acceptors (Lipinski definition) is 7. The molecular weight excluding hydrogens is 248 g/mol. The summed E-state index contributed by atoms with van der Waals surface area (Å²) in [5.41, 5.74) is 6.26. The number of esters is 1. The van der Waals surface area contributed by atoms with Gasteiger partial charge in [-0.3, -0.25) is 0 Å². The Labute approximate surface area is 108 Å². The second-order valence-corrected chi connectivity index (χ2v) is 3.50. The van der Waals surface area contributed by atoms with Crippen LogP contribution < -0.4 is 5.73 Å². The average Bonchev–Trinajstić information content (AvgIpc) is 2.81. The molecule has 0 saturated heterocycles. The van der Waals surface area contributed by atoms with Gasteiger partial charge >= 0.3 is 5.97 Å². The van der Waals surface area contributed by atoms with Gasteiger partial charge in [0, 0.05) is 6.20 Å². The Morgan fingerprint density at radius 3 is 2.95 bits per heavy atom. The quantitative estimate of drug-likeness (QED) is 0.826. The fraction of sp³-hybridized carbons (Fsp3) is 0.167. The minimum atomic E-state index is -0.649. The van der Waals surface area contributed by atoms with E-state index in [1.807, 2.05) is 6.07 Å². The first kappa shape index (κ1) is 12.6. The smallest absolute Gasteiger partial charge is 0.362 e. The van der Waals surface area contributed by atoms with Crippen LogP contribution in [0.1, 0.15) is 23.0 Å². The highest BCUT2D eigenvalue weighted by Gasteiger charge is 2.20. The summed E-state index contributed by atoms with van der Waals surface area (Å²) in [5.74, 6) is -0.673. The molecule has 0 radical (unpaired) electrons. The monoisotopic (exact) mass is 258 g/mol. The van der Waals surface area contributed by atoms with Crippen molar-refractivity contribution >= 4 is 11.9 Å². The zero-order chi connectivity index (χ0) is 13.8. The van der Waals surface area contributed by atoms with E-state index < -0.39 is 5.97 Å². The van der Waals surface area contributed by atoms with E-state index >= 15 is 0 Å². The number of rotatable bonds is 3. The molecule has 2 aromatic rings. The highest BCUT2D eigenvalue weighted by atomic mass is 16.5. The van der Waals surface area contributed by atoms with Crippen molar-refractivity contribution in [2.24, 2.45) is 0 Å². The Bertz CT molecular complexity index is 640. The van der Waals surface area contributed by atoms with E-state index in [1.54, 1.807) is 19.1 Å². The fourth-order valence-corrected chi connectivity index (χ4v) is 1.37. The minimum absolute atomic E-state index is 0.0805. The molecule has 0 bridgehead atoms. The van der Waals surface area contributed by atoms with Crippen LogP contribution in [0.5, 0.6) is 0 Å². The van der Waals surface area contributed by atoms with E-state index in [-0.39, 0.29) is 24.1 Å². The molecule has 2 aromatic heterocycles. The molecule has 0 amide bonds. The predicted octanol–water partition coefficient (Wildman–Crippen LogP) is 1.37. The summed E-state index contributed by atoms with van der Waals surface area (Å²) < 4.78 is 9.95. The number of carbonyl (C=O) groups excluding carboxylic acids is 1. The highest BCUT2D eigenvalue weighted by molar-refractivity contribution is 5.92. The van der Waals surface area contributed by atoms with Crippen molar-refractivity contribution in [2.75, 3.05) is 12.3 Å². The van der Waals surface area contributed by atoms with Crippen LogP contribution in [0.15, 0.2) is 22.7 Å². The Kier molecular flexibility index (Phi) is 3.43. The van der Waals surface area contributed by atoms with Crippen molar-refractivity contribution < 1.29 is 13.9 Å². The van der Waals surface area contributed by atoms with Gasteiger partial charge in [0.15, 0.2) is 0 Å². The lowest BCUT2D eigenvalue weighted by Gasteiger charge is -1.96. The lowest BCUT2D eigenvalue weighted by atomic mass is 10.3. The molecule has 96 valence electrons. The Balaban J connectivity index is 2.33. The third-order valence-electron chi connectivity index (χ3n) is 2.23. The number of nitrogens with two attached hydrogens (primary N) is 1. The standard InChI is InChI=1S/C12H10N4O3/c1-2-18-12(17)9-10(14)19-11(16-9)8-4-3-7(5-13)6-15-8/h3-4,6H,2,14H2,1H3. The molecule has 0 unspecified atom stereocenters. The van der Waals surface area contributed by atoms with E-state index in [9.17, 15) is 4.79 Å². The van der Waals surface area contributed by atoms with Gasteiger partial charge in [-0.2, -0.15) is 10.2 Å². The predicted molar refractivity (Wildman–Crippen MR) is 64.8 cm³/mol. The molecule has 0 aliphatic rings. The molecule has 0 aromatic carbocycles. The number of carbonyl (C=O) groups is 1. The lowest BCUT2D eigenvalue weighted by molar-refractivity contribution is 0.0521. The van der Waals surface area contributed by atoms with Crippen LogP contribution in [0.25, 0.3) is 11.6 Å². The third-order valence-corrected chi connectivity index (χ3v) is 2.23. The van der Waals surface area contributed by atoms with Crippen molar-refractivity contribution in [3.05, 3.63) is 29.6 Å². The Morgan fingerprint density at radius 2 is 2.37 bits per heavy atom. The van der Waals surface area contributed by atoms with Crippen molar-refractivity contribution in [3.63, 3.8) is 0 Å². The largest absolute Gasteiger partial charge is 0.461 e. The zero-order valence-electron chi connectivity index (χ0n) is 10.1. The maximum absolute atomic E-state index is 11.5. The van der Waals surface area contributed by atoms with E-state index in [2.05, 4.69) is 9.97 Å². The molecule has 0 spiro atoms. The molecule has 19 heavy (non-hydrogen) atoms. The number of anilines is 1. The zero-order valence-corrected chi connectivity index (χ0v) is 10.1. The van der Waals surface area contributed by atoms with Crippen molar-refractivity contribution in [1.82, 2.24) is 9.97 Å². The number of oxazole rings is 1. The van der Waals surface area contributed by atoms with Gasteiger partial charge < -0.3 is 14.9 Å². The maximum Gasteiger partial charge on any atom is 0.362 e. The van der Waals surface area contributed by atoms with E-state index in [0.717, 1.165) is 0 Å². The highest BCUT2D eigenvalue weighted by Crippen LogP contribution is 2.22. The summed E-state index contributed by atoms with van der Waals surface area (Å²) in [6.45, 7) is 1.90. The average molecular weight is 258 g/mol. The summed E-state index contributed by atoms with van der Waals surface area (Å²) in [5, 5.41) is 8.67. The second-order valence-electron chi connectivity index (χ2n) is 3.50. The van der Waals surface area contributed by atoms with Gasteiger partial charge in [0.2, 0.25) is 17.5 Å². The van der Waals surface area contributed by atoms with Gasteiger partial charge in [0.1, 0.15) is 11.8 Å². The summed E-state index contributed by atoms with van der Waals surface area (Å²) >= 11 is 0. The molecular formula is C12H10N4O3. The van der Waals surface area contributed by atoms with Crippen LogP contribution in [0.4, 0.5) is 5.88 Å². The Morgan fingerprint density at radius 1 is 1.58 bits per heavy atom. The summed E-state index contributed by atoms with van der Waals surface area (Å²) in [6.07, 6.45) is 1.37. The van der Waals surface area contributed by atoms with Gasteiger partial charge in [-0.15, -0.1) is 0 Å². The number of nitriles is 1. The molecule has 0 aliphatic heterocycles. The van der Waals surface area contributed by atoms with Crippen molar-refractivity contribution in [3.8, 4) is 17.7 Å². The molecule has 0 fully saturated rings. The van der Waals surface area contributed by atoms with E-state index in [0.29, 0.717) is 11.3 Å². The van der Waals surface area contributed by atoms with Crippen LogP contribution in [0.3, 0.4) is 0 Å². The van der Waals surface area contributed by atoms with Gasteiger partial charge in [0.25, 0.3) is 0 Å². The van der Waals surface area contributed by atoms with Crippen LogP contribution in [-0.4, -0.2) is 22.5 Å². The van der Waals surface area contributed by atoms with Gasteiger partial charge in [-0.25, -0.2) is 9.78 Å². The third kappa shape index (κ3) is 2.52. The first-order valence-corrected chi connectivity index (χ1v) is 5.45. The van der Waals surface area contributed by atoms with Crippen LogP contribution in [0.2, 0.25) is 0 Å². The molecule has 2 N–H and O–H groups in total. The number of hydrogen-bond donors (Lipinski definition) is 1. The molecule has 7 heteroatoms. The van der Waals surface area contributed by atoms with Crippen molar-refractivity contribution in [2.45, 2.75) is 6.92 Å². The maximum atomic E-state index is 11.5. The van der Waals surface area contributed by atoms with E-state index in [4.69, 9.17) is 20.1 Å². The minimum Gasteiger partial charge on any atom is -0.461 e. The van der Waals surface area contributed by atoms with Crippen LogP contribution in [-0.2, 0) is 4.74 Å². The molecule has 2 rings (SSSR count). The number of nitrogen functional groups attached to an aromatic ring is 1.